The van der Waals surface area contributed by atoms with Crippen molar-refractivity contribution in [2.75, 3.05) is 14.2 Å². The molecule has 0 bridgehead atoms. The Morgan fingerprint density at radius 1 is 1.45 bits per heavy atom. The first-order chi connectivity index (χ1) is 9.62. The Bertz CT molecular complexity index is 548. The Hall–Kier alpha value is -2.14. The second kappa shape index (κ2) is 7.45. The molecule has 0 aromatic heterocycles. The van der Waals surface area contributed by atoms with E-state index in [2.05, 4.69) is 16.8 Å². The number of azo groups is 1. The minimum absolute atomic E-state index is 0.0106. The summed E-state index contributed by atoms with van der Waals surface area (Å²) >= 11 is 0. The summed E-state index contributed by atoms with van der Waals surface area (Å²) in [5.74, 6) is 0.461. The third-order valence-corrected chi connectivity index (χ3v) is 2.95. The first-order valence-corrected chi connectivity index (χ1v) is 6.29. The van der Waals surface area contributed by atoms with Crippen LogP contribution >= 0.6 is 0 Å². The summed E-state index contributed by atoms with van der Waals surface area (Å²) < 4.78 is 5.08. The molecule has 0 unspecified atom stereocenters. The Morgan fingerprint density at radius 2 is 2.15 bits per heavy atom. The molecule has 0 amide bonds. The highest BCUT2D eigenvalue weighted by atomic mass is 16.5. The third kappa shape index (κ3) is 3.24. The molecule has 108 valence electrons. The highest BCUT2D eigenvalue weighted by Crippen LogP contribution is 2.36. The van der Waals surface area contributed by atoms with Crippen LogP contribution in [0.15, 0.2) is 40.6 Å². The fraction of sp³-hybridized carbons (Fsp3) is 0.333. The maximum atomic E-state index is 10.2. The molecule has 0 aliphatic carbocycles. The minimum atomic E-state index is -0.239. The molecule has 0 spiro atoms. The van der Waals surface area contributed by atoms with Gasteiger partial charge in [-0.1, -0.05) is 19.6 Å². The van der Waals surface area contributed by atoms with Crippen molar-refractivity contribution >= 4 is 5.70 Å². The fourth-order valence-electron chi connectivity index (χ4n) is 1.96. The summed E-state index contributed by atoms with van der Waals surface area (Å²) in [5.41, 5.74) is 2.33. The smallest absolute Gasteiger partial charge is 0.129 e. The van der Waals surface area contributed by atoms with E-state index in [1.54, 1.807) is 19.2 Å². The maximum absolute atomic E-state index is 10.2. The van der Waals surface area contributed by atoms with E-state index in [0.717, 1.165) is 5.57 Å². The average molecular weight is 276 g/mol. The number of phenolic OH excluding ortho intramolecular Hbond substituents is 1. The van der Waals surface area contributed by atoms with Crippen LogP contribution in [0.5, 0.6) is 11.5 Å². The zero-order chi connectivity index (χ0) is 15.1. The SMILES string of the molecule is C=C/C(CC)=C(\N=NC)c1c(O)cc(OC)cc1CO. The van der Waals surface area contributed by atoms with Crippen LogP contribution in [0.25, 0.3) is 5.70 Å². The molecule has 0 atom stereocenters. The van der Waals surface area contributed by atoms with E-state index in [-0.39, 0.29) is 12.4 Å². The lowest BCUT2D eigenvalue weighted by molar-refractivity contribution is 0.279. The number of phenols is 1. The van der Waals surface area contributed by atoms with E-state index in [0.29, 0.717) is 29.0 Å². The lowest BCUT2D eigenvalue weighted by Crippen LogP contribution is -1.97. The van der Waals surface area contributed by atoms with E-state index in [1.807, 2.05) is 6.92 Å². The van der Waals surface area contributed by atoms with Gasteiger partial charge in [-0.2, -0.15) is 10.2 Å². The second-order valence-electron chi connectivity index (χ2n) is 4.07. The quantitative estimate of drug-likeness (QED) is 0.618. The number of hydrogen-bond donors (Lipinski definition) is 2. The van der Waals surface area contributed by atoms with Crippen molar-refractivity contribution in [3.63, 3.8) is 0 Å². The molecule has 5 nitrogen and oxygen atoms in total. The molecular weight excluding hydrogens is 256 g/mol. The molecule has 1 aromatic rings. The van der Waals surface area contributed by atoms with Crippen molar-refractivity contribution in [2.24, 2.45) is 10.2 Å². The molecule has 2 N–H and O–H groups in total. The molecule has 0 radical (unpaired) electrons. The number of hydrogen-bond acceptors (Lipinski definition) is 5. The normalized spacial score (nSPS) is 12.4. The van der Waals surface area contributed by atoms with Gasteiger partial charge < -0.3 is 14.9 Å². The van der Waals surface area contributed by atoms with Gasteiger partial charge in [-0.3, -0.25) is 0 Å². The number of methoxy groups -OCH3 is 1. The summed E-state index contributed by atoms with van der Waals surface area (Å²) in [6.07, 6.45) is 2.36. The Morgan fingerprint density at radius 3 is 2.60 bits per heavy atom. The molecule has 1 aromatic carbocycles. The number of nitrogens with zero attached hydrogens (tertiary/aromatic N) is 2. The molecule has 20 heavy (non-hydrogen) atoms. The number of ether oxygens (including phenoxy) is 1. The highest BCUT2D eigenvalue weighted by Gasteiger charge is 2.17. The van der Waals surface area contributed by atoms with Crippen LogP contribution in [0.2, 0.25) is 0 Å². The van der Waals surface area contributed by atoms with E-state index in [9.17, 15) is 10.2 Å². The topological polar surface area (TPSA) is 74.4 Å². The third-order valence-electron chi connectivity index (χ3n) is 2.95. The van der Waals surface area contributed by atoms with Gasteiger partial charge >= 0.3 is 0 Å². The van der Waals surface area contributed by atoms with Crippen molar-refractivity contribution in [1.29, 1.82) is 0 Å². The molecule has 0 saturated heterocycles. The minimum Gasteiger partial charge on any atom is -0.507 e. The summed E-state index contributed by atoms with van der Waals surface area (Å²) in [4.78, 5) is 0. The predicted molar refractivity (Wildman–Crippen MR) is 78.8 cm³/mol. The average Bonchev–Trinajstić information content (AvgIpc) is 2.46. The van der Waals surface area contributed by atoms with E-state index < -0.39 is 0 Å². The number of aliphatic hydroxyl groups excluding tert-OH is 1. The number of benzene rings is 1. The lowest BCUT2D eigenvalue weighted by Gasteiger charge is -2.14. The van der Waals surface area contributed by atoms with Crippen molar-refractivity contribution in [2.45, 2.75) is 20.0 Å². The molecule has 1 rings (SSSR count). The van der Waals surface area contributed by atoms with Gasteiger partial charge in [0.15, 0.2) is 0 Å². The van der Waals surface area contributed by atoms with Gasteiger partial charge in [0.2, 0.25) is 0 Å². The number of allylic oxidation sites excluding steroid dienone is 2. The van der Waals surface area contributed by atoms with E-state index in [4.69, 9.17) is 4.74 Å². The van der Waals surface area contributed by atoms with Crippen LogP contribution in [-0.4, -0.2) is 24.4 Å². The summed E-state index contributed by atoms with van der Waals surface area (Å²) in [6, 6.07) is 3.15. The Labute approximate surface area is 118 Å². The molecule has 0 fully saturated rings. The van der Waals surface area contributed by atoms with Gasteiger partial charge in [0.05, 0.1) is 19.4 Å². The second-order valence-corrected chi connectivity index (χ2v) is 4.07. The van der Waals surface area contributed by atoms with Crippen LogP contribution in [0.4, 0.5) is 0 Å². The van der Waals surface area contributed by atoms with Gasteiger partial charge in [-0.25, -0.2) is 0 Å². The van der Waals surface area contributed by atoms with Crippen molar-refractivity contribution in [3.05, 3.63) is 41.5 Å². The molecule has 0 aliphatic rings. The van der Waals surface area contributed by atoms with Gasteiger partial charge in [0.1, 0.15) is 11.5 Å². The summed E-state index contributed by atoms with van der Waals surface area (Å²) in [7, 11) is 3.05. The van der Waals surface area contributed by atoms with E-state index in [1.165, 1.54) is 13.2 Å². The number of rotatable bonds is 6. The standard InChI is InChI=1S/C15H20N2O3/c1-5-10(6-2)15(17-16-3)14-11(9-18)7-12(20-4)8-13(14)19/h5,7-8,18-19H,1,6,9H2,2-4H3/b15-10+,17-16?. The Kier molecular flexibility index (Phi) is 5.93. The first kappa shape index (κ1) is 15.9. The highest BCUT2D eigenvalue weighted by molar-refractivity contribution is 5.76. The summed E-state index contributed by atoms with van der Waals surface area (Å²) in [6.45, 7) is 5.47. The van der Waals surface area contributed by atoms with Crippen LogP contribution in [0.3, 0.4) is 0 Å². The van der Waals surface area contributed by atoms with Gasteiger partial charge in [-0.05, 0) is 23.6 Å². The molecule has 0 saturated carbocycles. The van der Waals surface area contributed by atoms with Crippen molar-refractivity contribution in [3.8, 4) is 11.5 Å². The first-order valence-electron chi connectivity index (χ1n) is 6.29. The number of aliphatic hydroxyl groups is 1. The van der Waals surface area contributed by atoms with Gasteiger partial charge in [0.25, 0.3) is 0 Å². The van der Waals surface area contributed by atoms with Crippen LogP contribution in [0, 0.1) is 0 Å². The fourth-order valence-corrected chi connectivity index (χ4v) is 1.96. The Balaban J connectivity index is 3.64. The van der Waals surface area contributed by atoms with Crippen LogP contribution in [-0.2, 0) is 6.61 Å². The molecule has 0 heterocycles. The van der Waals surface area contributed by atoms with Crippen molar-refractivity contribution < 1.29 is 14.9 Å². The van der Waals surface area contributed by atoms with Crippen LogP contribution in [0.1, 0.15) is 24.5 Å². The monoisotopic (exact) mass is 276 g/mol. The van der Waals surface area contributed by atoms with Gasteiger partial charge in [0, 0.05) is 18.7 Å². The molecular formula is C15H20N2O3. The maximum Gasteiger partial charge on any atom is 0.129 e. The van der Waals surface area contributed by atoms with Crippen LogP contribution < -0.4 is 4.74 Å². The predicted octanol–water partition coefficient (Wildman–Crippen LogP) is 3.28. The zero-order valence-electron chi connectivity index (χ0n) is 12.1. The molecule has 0 aliphatic heterocycles. The number of aromatic hydroxyl groups is 1. The van der Waals surface area contributed by atoms with E-state index >= 15 is 0 Å². The lowest BCUT2D eigenvalue weighted by atomic mass is 9.98. The zero-order valence-corrected chi connectivity index (χ0v) is 12.1. The molecule has 5 heteroatoms. The summed E-state index contributed by atoms with van der Waals surface area (Å²) in [5, 5.41) is 27.6. The largest absolute Gasteiger partial charge is 0.507 e. The van der Waals surface area contributed by atoms with Gasteiger partial charge in [-0.15, -0.1) is 0 Å². The van der Waals surface area contributed by atoms with Crippen molar-refractivity contribution in [1.82, 2.24) is 0 Å².